The first-order chi connectivity index (χ1) is 12.7. The predicted octanol–water partition coefficient (Wildman–Crippen LogP) is 1.64. The van der Waals surface area contributed by atoms with Crippen LogP contribution in [0.5, 0.6) is 0 Å². The van der Waals surface area contributed by atoms with Gasteiger partial charge in [0.25, 0.3) is 11.8 Å². The third-order valence-corrected chi connectivity index (χ3v) is 4.73. The molecular weight excluding hydrogens is 370 g/mol. The van der Waals surface area contributed by atoms with Crippen molar-refractivity contribution in [1.82, 2.24) is 15.6 Å². The molecule has 1 atom stereocenters. The monoisotopic (exact) mass is 391 g/mol. The number of carbonyl (C=O) groups is 2. The van der Waals surface area contributed by atoms with E-state index in [0.29, 0.717) is 17.1 Å². The first-order valence-electron chi connectivity index (χ1n) is 8.10. The Morgan fingerprint density at radius 3 is 2.37 bits per heavy atom. The summed E-state index contributed by atoms with van der Waals surface area (Å²) >= 11 is 0. The number of aryl methyl sites for hydroxylation is 2. The summed E-state index contributed by atoms with van der Waals surface area (Å²) in [6, 6.07) is 9.31. The number of sulfonamides is 1. The molecule has 0 aliphatic heterocycles. The van der Waals surface area contributed by atoms with Gasteiger partial charge in [0.1, 0.15) is 11.5 Å². The molecule has 27 heavy (non-hydrogen) atoms. The Bertz CT molecular complexity index is 949. The Hall–Kier alpha value is -2.91. The molecule has 0 aliphatic rings. The number of nitrogens with one attached hydrogen (secondary N) is 3. The maximum atomic E-state index is 12.0. The van der Waals surface area contributed by atoms with Crippen molar-refractivity contribution in [3.05, 3.63) is 64.5 Å². The number of carbonyl (C=O) groups excluding carboxylic acids is 2. The van der Waals surface area contributed by atoms with Gasteiger partial charge in [0, 0.05) is 5.41 Å². The highest BCUT2D eigenvalue weighted by molar-refractivity contribution is 7.92. The summed E-state index contributed by atoms with van der Waals surface area (Å²) in [5.41, 5.74) is 5.40. The van der Waals surface area contributed by atoms with Gasteiger partial charge in [0.15, 0.2) is 0 Å². The summed E-state index contributed by atoms with van der Waals surface area (Å²) in [4.78, 5) is 24.0. The van der Waals surface area contributed by atoms with E-state index in [0.717, 1.165) is 5.41 Å². The molecule has 0 radical (unpaired) electrons. The maximum absolute atomic E-state index is 12.0. The Morgan fingerprint density at radius 2 is 1.78 bits per heavy atom. The summed E-state index contributed by atoms with van der Waals surface area (Å²) in [5, 5.41) is 0.975. The van der Waals surface area contributed by atoms with Crippen LogP contribution in [0.25, 0.3) is 6.08 Å². The fourth-order valence-electron chi connectivity index (χ4n) is 2.22. The second kappa shape index (κ2) is 8.65. The number of rotatable bonds is 6. The number of hydrogen-bond donors (Lipinski definition) is 3. The minimum atomic E-state index is -3.84. The van der Waals surface area contributed by atoms with E-state index in [1.54, 1.807) is 38.1 Å². The number of furan rings is 1. The third kappa shape index (κ3) is 6.08. The van der Waals surface area contributed by atoms with Gasteiger partial charge in [0.05, 0.1) is 11.6 Å². The van der Waals surface area contributed by atoms with Crippen molar-refractivity contribution < 1.29 is 22.4 Å². The molecule has 0 saturated carbocycles. The molecule has 0 saturated heterocycles. The van der Waals surface area contributed by atoms with E-state index < -0.39 is 27.9 Å². The van der Waals surface area contributed by atoms with E-state index in [1.807, 2.05) is 6.07 Å². The number of hydrazine groups is 1. The molecule has 2 amide bonds. The largest absolute Gasteiger partial charge is 0.466 e. The van der Waals surface area contributed by atoms with Gasteiger partial charge < -0.3 is 4.42 Å². The van der Waals surface area contributed by atoms with Crippen LogP contribution < -0.4 is 15.6 Å². The smallest absolute Gasteiger partial charge is 0.273 e. The van der Waals surface area contributed by atoms with Crippen molar-refractivity contribution in [3.63, 3.8) is 0 Å². The van der Waals surface area contributed by atoms with E-state index in [2.05, 4.69) is 15.6 Å². The molecule has 1 aromatic heterocycles. The zero-order valence-corrected chi connectivity index (χ0v) is 16.0. The molecule has 2 aromatic rings. The van der Waals surface area contributed by atoms with Crippen molar-refractivity contribution in [2.75, 3.05) is 0 Å². The Kier molecular flexibility index (Phi) is 6.54. The SMILES string of the molecule is Cc1cc(C(=O)NNC(=O)C(C)NS(=O)(=O)C=Cc2ccccc2)c(C)o1. The van der Waals surface area contributed by atoms with Crippen LogP contribution >= 0.6 is 0 Å². The molecule has 3 N–H and O–H groups in total. The van der Waals surface area contributed by atoms with Crippen molar-refractivity contribution in [2.24, 2.45) is 0 Å². The average molecular weight is 391 g/mol. The summed E-state index contributed by atoms with van der Waals surface area (Å²) in [6.07, 6.45) is 1.42. The summed E-state index contributed by atoms with van der Waals surface area (Å²) in [7, 11) is -3.84. The molecule has 0 spiro atoms. The third-order valence-electron chi connectivity index (χ3n) is 3.56. The van der Waals surface area contributed by atoms with E-state index >= 15 is 0 Å². The topological polar surface area (TPSA) is 118 Å². The van der Waals surface area contributed by atoms with Crippen LogP contribution in [-0.4, -0.2) is 26.3 Å². The van der Waals surface area contributed by atoms with Gasteiger partial charge in [-0.1, -0.05) is 30.3 Å². The molecule has 8 nitrogen and oxygen atoms in total. The second-order valence-corrected chi connectivity index (χ2v) is 7.47. The molecule has 9 heteroatoms. The zero-order chi connectivity index (χ0) is 20.0. The summed E-state index contributed by atoms with van der Waals surface area (Å²) in [6.45, 7) is 4.68. The van der Waals surface area contributed by atoms with Crippen LogP contribution in [-0.2, 0) is 14.8 Å². The molecule has 1 unspecified atom stereocenters. The average Bonchev–Trinajstić information content (AvgIpc) is 2.96. The quantitative estimate of drug-likeness (QED) is 0.647. The Balaban J connectivity index is 1.90. The number of amides is 2. The summed E-state index contributed by atoms with van der Waals surface area (Å²) < 4.78 is 31.6. The van der Waals surface area contributed by atoms with Gasteiger partial charge in [-0.3, -0.25) is 20.4 Å². The number of benzene rings is 1. The fraction of sp³-hybridized carbons (Fsp3) is 0.222. The first-order valence-corrected chi connectivity index (χ1v) is 9.65. The molecule has 0 bridgehead atoms. The highest BCUT2D eigenvalue weighted by atomic mass is 32.2. The van der Waals surface area contributed by atoms with E-state index in [-0.39, 0.29) is 5.56 Å². The number of hydrogen-bond acceptors (Lipinski definition) is 5. The van der Waals surface area contributed by atoms with Gasteiger partial charge in [-0.2, -0.15) is 4.72 Å². The molecule has 1 aromatic carbocycles. The lowest BCUT2D eigenvalue weighted by molar-refractivity contribution is -0.123. The highest BCUT2D eigenvalue weighted by Crippen LogP contribution is 2.12. The normalized spacial score (nSPS) is 12.7. The van der Waals surface area contributed by atoms with Crippen LogP contribution in [0.15, 0.2) is 46.2 Å². The van der Waals surface area contributed by atoms with Crippen molar-refractivity contribution >= 4 is 27.9 Å². The maximum Gasteiger partial charge on any atom is 0.273 e. The van der Waals surface area contributed by atoms with Crippen molar-refractivity contribution in [3.8, 4) is 0 Å². The van der Waals surface area contributed by atoms with Crippen LogP contribution in [0.1, 0.15) is 34.4 Å². The standard InChI is InChI=1S/C18H21N3O5S/c1-12-11-16(14(3)26-12)18(23)20-19-17(22)13(2)21-27(24,25)10-9-15-7-5-4-6-8-15/h4-11,13,21H,1-3H3,(H,19,22)(H,20,23). The molecule has 144 valence electrons. The molecule has 0 aliphatic carbocycles. The van der Waals surface area contributed by atoms with E-state index in [4.69, 9.17) is 4.42 Å². The van der Waals surface area contributed by atoms with Crippen LogP contribution in [0.4, 0.5) is 0 Å². The lowest BCUT2D eigenvalue weighted by atomic mass is 10.2. The van der Waals surface area contributed by atoms with Crippen molar-refractivity contribution in [1.29, 1.82) is 0 Å². The molecule has 2 rings (SSSR count). The Morgan fingerprint density at radius 1 is 1.11 bits per heavy atom. The van der Waals surface area contributed by atoms with Crippen LogP contribution in [0.3, 0.4) is 0 Å². The minimum absolute atomic E-state index is 0.284. The predicted molar refractivity (Wildman–Crippen MR) is 101 cm³/mol. The van der Waals surface area contributed by atoms with Crippen LogP contribution in [0, 0.1) is 13.8 Å². The fourth-order valence-corrected chi connectivity index (χ4v) is 3.24. The zero-order valence-electron chi connectivity index (χ0n) is 15.1. The lowest BCUT2D eigenvalue weighted by Gasteiger charge is -2.13. The van der Waals surface area contributed by atoms with Gasteiger partial charge >= 0.3 is 0 Å². The van der Waals surface area contributed by atoms with E-state index in [1.165, 1.54) is 19.1 Å². The van der Waals surface area contributed by atoms with E-state index in [9.17, 15) is 18.0 Å². The van der Waals surface area contributed by atoms with Crippen molar-refractivity contribution in [2.45, 2.75) is 26.8 Å². The molecule has 0 fully saturated rings. The second-order valence-electron chi connectivity index (χ2n) is 5.87. The summed E-state index contributed by atoms with van der Waals surface area (Å²) in [5.74, 6) is -0.288. The van der Waals surface area contributed by atoms with Gasteiger partial charge in [-0.05, 0) is 38.5 Å². The minimum Gasteiger partial charge on any atom is -0.466 e. The van der Waals surface area contributed by atoms with Gasteiger partial charge in [-0.15, -0.1) is 0 Å². The van der Waals surface area contributed by atoms with Gasteiger partial charge in [-0.25, -0.2) is 8.42 Å². The first kappa shape index (κ1) is 20.4. The lowest BCUT2D eigenvalue weighted by Crippen LogP contribution is -2.50. The molecular formula is C18H21N3O5S. The van der Waals surface area contributed by atoms with Gasteiger partial charge in [0.2, 0.25) is 10.0 Å². The highest BCUT2D eigenvalue weighted by Gasteiger charge is 2.20. The van der Waals surface area contributed by atoms with Crippen LogP contribution in [0.2, 0.25) is 0 Å². The molecule has 1 heterocycles. The Labute approximate surface area is 157 Å².